The van der Waals surface area contributed by atoms with E-state index in [0.717, 1.165) is 10.0 Å². The number of hydrogen-bond donors (Lipinski definition) is 1. The highest BCUT2D eigenvalue weighted by Gasteiger charge is 2.21. The molecule has 0 radical (unpaired) electrons. The molecule has 1 aromatic carbocycles. The van der Waals surface area contributed by atoms with Crippen molar-refractivity contribution in [3.8, 4) is 0 Å². The molecule has 0 saturated carbocycles. The Morgan fingerprint density at radius 1 is 1.53 bits per heavy atom. The van der Waals surface area contributed by atoms with Gasteiger partial charge in [0.05, 0.1) is 16.6 Å². The van der Waals surface area contributed by atoms with Crippen LogP contribution < -0.4 is 5.73 Å². The molecule has 1 aromatic rings. The smallest absolute Gasteiger partial charge is 0.255 e. The van der Waals surface area contributed by atoms with Crippen LogP contribution in [0.3, 0.4) is 0 Å². The van der Waals surface area contributed by atoms with Crippen molar-refractivity contribution >= 4 is 39.0 Å². The first-order chi connectivity index (χ1) is 7.84. The summed E-state index contributed by atoms with van der Waals surface area (Å²) < 4.78 is 0.773. The quantitative estimate of drug-likeness (QED) is 0.872. The minimum atomic E-state index is -0.259. The van der Waals surface area contributed by atoms with E-state index in [9.17, 15) is 4.79 Å². The first kappa shape index (κ1) is 14.1. The molecule has 0 bridgehead atoms. The molecule has 1 unspecified atom stereocenters. The fraction of sp³-hybridized carbons (Fsp3) is 0.333. The largest absolute Gasteiger partial charge is 0.392 e. The predicted molar refractivity (Wildman–Crippen MR) is 77.2 cm³/mol. The molecule has 1 rings (SSSR count). The van der Waals surface area contributed by atoms with E-state index >= 15 is 0 Å². The zero-order chi connectivity index (χ0) is 13.2. The molecule has 0 aliphatic carbocycles. The van der Waals surface area contributed by atoms with E-state index in [-0.39, 0.29) is 11.9 Å². The van der Waals surface area contributed by atoms with E-state index in [1.807, 2.05) is 32.0 Å². The molecule has 0 aliphatic heterocycles. The molecule has 92 valence electrons. The third-order valence-corrected chi connectivity index (χ3v) is 3.70. The van der Waals surface area contributed by atoms with Gasteiger partial charge in [-0.3, -0.25) is 4.79 Å². The van der Waals surface area contributed by atoms with Crippen LogP contribution in [0.15, 0.2) is 22.7 Å². The predicted octanol–water partition coefficient (Wildman–Crippen LogP) is 2.50. The third-order valence-electron chi connectivity index (χ3n) is 2.67. The van der Waals surface area contributed by atoms with Crippen molar-refractivity contribution in [2.45, 2.75) is 19.9 Å². The van der Waals surface area contributed by atoms with Gasteiger partial charge in [0.25, 0.3) is 5.91 Å². The Morgan fingerprint density at radius 2 is 2.12 bits per heavy atom. The van der Waals surface area contributed by atoms with Gasteiger partial charge in [-0.2, -0.15) is 0 Å². The summed E-state index contributed by atoms with van der Waals surface area (Å²) in [5.74, 6) is -0.0964. The Labute approximate surface area is 115 Å². The van der Waals surface area contributed by atoms with Crippen LogP contribution >= 0.6 is 28.1 Å². The second-order valence-electron chi connectivity index (χ2n) is 3.98. The lowest BCUT2D eigenvalue weighted by Gasteiger charge is -2.24. The van der Waals surface area contributed by atoms with Gasteiger partial charge in [0, 0.05) is 11.5 Å². The number of thiocarbonyl (C=S) groups is 1. The highest BCUT2D eigenvalue weighted by molar-refractivity contribution is 9.10. The van der Waals surface area contributed by atoms with Crippen LogP contribution in [0.2, 0.25) is 0 Å². The molecule has 3 nitrogen and oxygen atoms in total. The molecule has 0 spiro atoms. The first-order valence-corrected chi connectivity index (χ1v) is 6.37. The van der Waals surface area contributed by atoms with Crippen molar-refractivity contribution in [1.29, 1.82) is 0 Å². The van der Waals surface area contributed by atoms with Crippen molar-refractivity contribution < 1.29 is 4.79 Å². The molecule has 17 heavy (non-hydrogen) atoms. The Hall–Kier alpha value is -0.940. The highest BCUT2D eigenvalue weighted by atomic mass is 79.9. The van der Waals surface area contributed by atoms with Crippen molar-refractivity contribution in [2.24, 2.45) is 5.73 Å². The molecular weight excluding hydrogens is 300 g/mol. The van der Waals surface area contributed by atoms with Gasteiger partial charge >= 0.3 is 0 Å². The number of likely N-dealkylation sites (N-methyl/N-ethyl adjacent to an activating group) is 1. The second-order valence-corrected chi connectivity index (χ2v) is 5.30. The summed E-state index contributed by atoms with van der Waals surface area (Å²) in [7, 11) is 1.70. The van der Waals surface area contributed by atoms with E-state index < -0.39 is 0 Å². The number of nitrogens with zero attached hydrogens (tertiary/aromatic N) is 1. The van der Waals surface area contributed by atoms with Crippen LogP contribution in [0.5, 0.6) is 0 Å². The summed E-state index contributed by atoms with van der Waals surface area (Å²) in [5.41, 5.74) is 7.20. The van der Waals surface area contributed by atoms with Gasteiger partial charge in [0.2, 0.25) is 0 Å². The number of amides is 1. The molecule has 2 N–H and O–H groups in total. The monoisotopic (exact) mass is 314 g/mol. The van der Waals surface area contributed by atoms with Gasteiger partial charge < -0.3 is 10.6 Å². The van der Waals surface area contributed by atoms with Crippen LogP contribution in [0.25, 0.3) is 0 Å². The number of carbonyl (C=O) groups excluding carboxylic acids is 1. The summed E-state index contributed by atoms with van der Waals surface area (Å²) >= 11 is 8.27. The van der Waals surface area contributed by atoms with Gasteiger partial charge in [0.15, 0.2) is 0 Å². The molecule has 0 heterocycles. The highest BCUT2D eigenvalue weighted by Crippen LogP contribution is 2.20. The summed E-state index contributed by atoms with van der Waals surface area (Å²) in [6.45, 7) is 3.75. The van der Waals surface area contributed by atoms with Crippen LogP contribution in [-0.2, 0) is 0 Å². The van der Waals surface area contributed by atoms with Gasteiger partial charge in [0.1, 0.15) is 0 Å². The molecule has 0 fully saturated rings. The summed E-state index contributed by atoms with van der Waals surface area (Å²) in [5, 5.41) is 0. The standard InChI is InChI=1S/C12H15BrN2OS/c1-7-4-5-10(13)9(6-7)12(16)15(3)8(2)11(14)17/h4-6,8H,1-3H3,(H2,14,17). The van der Waals surface area contributed by atoms with Gasteiger partial charge in [-0.05, 0) is 41.9 Å². The number of aryl methyl sites for hydroxylation is 1. The van der Waals surface area contributed by atoms with Gasteiger partial charge in [-0.25, -0.2) is 0 Å². The molecule has 0 aliphatic rings. The summed E-state index contributed by atoms with van der Waals surface area (Å²) in [4.78, 5) is 14.1. The maximum absolute atomic E-state index is 12.2. The minimum absolute atomic E-state index is 0.0964. The zero-order valence-corrected chi connectivity index (χ0v) is 12.4. The number of halogens is 1. The Morgan fingerprint density at radius 3 is 2.65 bits per heavy atom. The average Bonchev–Trinajstić information content (AvgIpc) is 2.29. The third kappa shape index (κ3) is 3.26. The maximum atomic E-state index is 12.2. The van der Waals surface area contributed by atoms with Crippen LogP contribution in [-0.4, -0.2) is 28.9 Å². The fourth-order valence-electron chi connectivity index (χ4n) is 1.36. The lowest BCUT2D eigenvalue weighted by molar-refractivity contribution is 0.0778. The second kappa shape index (κ2) is 5.60. The van der Waals surface area contributed by atoms with E-state index in [2.05, 4.69) is 15.9 Å². The molecule has 1 amide bonds. The Bertz CT molecular complexity index is 462. The minimum Gasteiger partial charge on any atom is -0.392 e. The average molecular weight is 315 g/mol. The lowest BCUT2D eigenvalue weighted by atomic mass is 10.1. The van der Waals surface area contributed by atoms with E-state index in [4.69, 9.17) is 18.0 Å². The van der Waals surface area contributed by atoms with Crippen LogP contribution in [0.4, 0.5) is 0 Å². The Kier molecular flexibility index (Phi) is 4.65. The van der Waals surface area contributed by atoms with E-state index in [1.54, 1.807) is 11.9 Å². The topological polar surface area (TPSA) is 46.3 Å². The van der Waals surface area contributed by atoms with E-state index in [0.29, 0.717) is 10.6 Å². The number of hydrogen-bond acceptors (Lipinski definition) is 2. The molecule has 5 heteroatoms. The van der Waals surface area contributed by atoms with Crippen molar-refractivity contribution in [2.75, 3.05) is 7.05 Å². The van der Waals surface area contributed by atoms with Crippen LogP contribution in [0.1, 0.15) is 22.8 Å². The number of benzene rings is 1. The molecule has 0 aromatic heterocycles. The molecule has 1 atom stereocenters. The van der Waals surface area contributed by atoms with Crippen molar-refractivity contribution in [1.82, 2.24) is 4.90 Å². The zero-order valence-electron chi connectivity index (χ0n) is 10.0. The normalized spacial score (nSPS) is 12.0. The maximum Gasteiger partial charge on any atom is 0.255 e. The number of carbonyl (C=O) groups is 1. The summed E-state index contributed by atoms with van der Waals surface area (Å²) in [6, 6.07) is 5.39. The summed E-state index contributed by atoms with van der Waals surface area (Å²) in [6.07, 6.45) is 0. The van der Waals surface area contributed by atoms with Gasteiger partial charge in [-0.1, -0.05) is 23.8 Å². The first-order valence-electron chi connectivity index (χ1n) is 5.17. The van der Waals surface area contributed by atoms with E-state index in [1.165, 1.54) is 0 Å². The SMILES string of the molecule is Cc1ccc(Br)c(C(=O)N(C)C(C)C(N)=S)c1. The van der Waals surface area contributed by atoms with Crippen molar-refractivity contribution in [3.05, 3.63) is 33.8 Å². The van der Waals surface area contributed by atoms with Crippen molar-refractivity contribution in [3.63, 3.8) is 0 Å². The van der Waals surface area contributed by atoms with Gasteiger partial charge in [-0.15, -0.1) is 0 Å². The Balaban J connectivity index is 3.04. The molecule has 0 saturated heterocycles. The fourth-order valence-corrected chi connectivity index (χ4v) is 1.93. The molecular formula is C12H15BrN2OS. The number of rotatable bonds is 3. The lowest BCUT2D eigenvalue weighted by Crippen LogP contribution is -2.42. The van der Waals surface area contributed by atoms with Crippen LogP contribution in [0, 0.1) is 6.92 Å². The number of nitrogens with two attached hydrogens (primary N) is 1.